The summed E-state index contributed by atoms with van der Waals surface area (Å²) in [5.41, 5.74) is 7.29. The lowest BCUT2D eigenvalue weighted by Gasteiger charge is -2.12. The summed E-state index contributed by atoms with van der Waals surface area (Å²) >= 11 is 0. The van der Waals surface area contributed by atoms with E-state index >= 15 is 0 Å². The molecule has 0 amide bonds. The van der Waals surface area contributed by atoms with Crippen molar-refractivity contribution in [2.24, 2.45) is 11.7 Å². The summed E-state index contributed by atoms with van der Waals surface area (Å²) in [7, 11) is 0. The van der Waals surface area contributed by atoms with Gasteiger partial charge in [0, 0.05) is 0 Å². The molecular weight excluding hydrogens is 200 g/mol. The van der Waals surface area contributed by atoms with Crippen LogP contribution in [-0.2, 0) is 0 Å². The normalized spacial score (nSPS) is 10.5. The first kappa shape index (κ1) is 12.6. The lowest BCUT2D eigenvalue weighted by Crippen LogP contribution is -2.14. The molecule has 0 aromatic heterocycles. The van der Waals surface area contributed by atoms with E-state index in [9.17, 15) is 0 Å². The Kier molecular flexibility index (Phi) is 4.35. The molecule has 88 valence electrons. The molecule has 0 saturated heterocycles. The highest BCUT2D eigenvalue weighted by Crippen LogP contribution is 2.20. The minimum Gasteiger partial charge on any atom is -0.493 e. The second-order valence-corrected chi connectivity index (χ2v) is 4.44. The van der Waals surface area contributed by atoms with Crippen molar-refractivity contribution in [2.75, 3.05) is 6.61 Å². The fraction of sp³-hybridized carbons (Fsp3) is 0.462. The summed E-state index contributed by atoms with van der Waals surface area (Å²) in [6, 6.07) is 5.70. The van der Waals surface area contributed by atoms with Crippen molar-refractivity contribution in [3.8, 4) is 5.75 Å². The van der Waals surface area contributed by atoms with Crippen LogP contribution in [0.3, 0.4) is 0 Å². The first-order chi connectivity index (χ1) is 7.50. The van der Waals surface area contributed by atoms with Crippen LogP contribution >= 0.6 is 0 Å². The summed E-state index contributed by atoms with van der Waals surface area (Å²) in [5, 5.41) is 7.46. The molecule has 0 spiro atoms. The highest BCUT2D eigenvalue weighted by molar-refractivity contribution is 5.97. The quantitative estimate of drug-likeness (QED) is 0.592. The van der Waals surface area contributed by atoms with Crippen molar-refractivity contribution in [1.29, 1.82) is 5.41 Å². The third-order valence-electron chi connectivity index (χ3n) is 2.38. The van der Waals surface area contributed by atoms with Crippen LogP contribution in [0.5, 0.6) is 5.75 Å². The fourth-order valence-corrected chi connectivity index (χ4v) is 1.38. The van der Waals surface area contributed by atoms with E-state index in [1.165, 1.54) is 0 Å². The molecule has 3 heteroatoms. The molecule has 1 rings (SSSR count). The Morgan fingerprint density at radius 3 is 2.69 bits per heavy atom. The fourth-order valence-electron chi connectivity index (χ4n) is 1.38. The topological polar surface area (TPSA) is 59.1 Å². The van der Waals surface area contributed by atoms with E-state index < -0.39 is 0 Å². The SMILES string of the molecule is Cc1ccc(C(=N)N)c(OCCC(C)C)c1. The first-order valence-electron chi connectivity index (χ1n) is 5.58. The molecular formula is C13H20N2O. The third-order valence-corrected chi connectivity index (χ3v) is 2.38. The number of amidine groups is 1. The monoisotopic (exact) mass is 220 g/mol. The molecule has 0 heterocycles. The minimum absolute atomic E-state index is 0.0551. The highest BCUT2D eigenvalue weighted by atomic mass is 16.5. The molecule has 1 aromatic carbocycles. The summed E-state index contributed by atoms with van der Waals surface area (Å²) in [6.45, 7) is 6.98. The van der Waals surface area contributed by atoms with Gasteiger partial charge < -0.3 is 10.5 Å². The standard InChI is InChI=1S/C13H20N2O/c1-9(2)6-7-16-12-8-10(3)4-5-11(12)13(14)15/h4-5,8-9H,6-7H2,1-3H3,(H3,14,15). The van der Waals surface area contributed by atoms with Gasteiger partial charge in [0.25, 0.3) is 0 Å². The zero-order valence-electron chi connectivity index (χ0n) is 10.2. The molecule has 3 nitrogen and oxygen atoms in total. The molecule has 0 aliphatic rings. The molecule has 0 fully saturated rings. The largest absolute Gasteiger partial charge is 0.493 e. The predicted molar refractivity (Wildman–Crippen MR) is 67.1 cm³/mol. The average Bonchev–Trinajstić information content (AvgIpc) is 2.16. The van der Waals surface area contributed by atoms with Gasteiger partial charge in [-0.05, 0) is 37.0 Å². The van der Waals surface area contributed by atoms with E-state index in [0.717, 1.165) is 12.0 Å². The predicted octanol–water partition coefficient (Wildman–Crippen LogP) is 2.70. The number of hydrogen-bond donors (Lipinski definition) is 2. The van der Waals surface area contributed by atoms with Gasteiger partial charge >= 0.3 is 0 Å². The smallest absolute Gasteiger partial charge is 0.130 e. The number of rotatable bonds is 5. The Balaban J connectivity index is 2.76. The van der Waals surface area contributed by atoms with Crippen LogP contribution in [0.25, 0.3) is 0 Å². The van der Waals surface area contributed by atoms with Crippen molar-refractivity contribution < 1.29 is 4.74 Å². The molecule has 0 bridgehead atoms. The van der Waals surface area contributed by atoms with Crippen molar-refractivity contribution in [1.82, 2.24) is 0 Å². The molecule has 0 radical (unpaired) electrons. The van der Waals surface area contributed by atoms with E-state index in [2.05, 4.69) is 13.8 Å². The maximum atomic E-state index is 7.46. The molecule has 0 atom stereocenters. The van der Waals surface area contributed by atoms with Crippen molar-refractivity contribution >= 4 is 5.84 Å². The number of ether oxygens (including phenoxy) is 1. The van der Waals surface area contributed by atoms with Crippen LogP contribution in [0, 0.1) is 18.3 Å². The van der Waals surface area contributed by atoms with Gasteiger partial charge in [0.2, 0.25) is 0 Å². The van der Waals surface area contributed by atoms with Crippen LogP contribution in [0.1, 0.15) is 31.4 Å². The van der Waals surface area contributed by atoms with Gasteiger partial charge in [-0.15, -0.1) is 0 Å². The molecule has 1 aromatic rings. The van der Waals surface area contributed by atoms with Crippen molar-refractivity contribution in [3.63, 3.8) is 0 Å². The van der Waals surface area contributed by atoms with Gasteiger partial charge in [0.05, 0.1) is 12.2 Å². The van der Waals surface area contributed by atoms with Gasteiger partial charge in [-0.25, -0.2) is 0 Å². The van der Waals surface area contributed by atoms with Crippen LogP contribution in [-0.4, -0.2) is 12.4 Å². The summed E-state index contributed by atoms with van der Waals surface area (Å²) in [5.74, 6) is 1.39. The number of aryl methyl sites for hydroxylation is 1. The minimum atomic E-state index is 0.0551. The van der Waals surface area contributed by atoms with Crippen LogP contribution < -0.4 is 10.5 Å². The van der Waals surface area contributed by atoms with Crippen LogP contribution in [0.15, 0.2) is 18.2 Å². The maximum absolute atomic E-state index is 7.46. The molecule has 3 N–H and O–H groups in total. The summed E-state index contributed by atoms with van der Waals surface area (Å²) in [6.07, 6.45) is 1.01. The number of nitrogens with one attached hydrogen (secondary N) is 1. The van der Waals surface area contributed by atoms with Crippen molar-refractivity contribution in [3.05, 3.63) is 29.3 Å². The van der Waals surface area contributed by atoms with Crippen LogP contribution in [0.2, 0.25) is 0 Å². The van der Waals surface area contributed by atoms with Crippen molar-refractivity contribution in [2.45, 2.75) is 27.2 Å². The Hall–Kier alpha value is -1.51. The number of benzene rings is 1. The van der Waals surface area contributed by atoms with E-state index in [0.29, 0.717) is 23.8 Å². The summed E-state index contributed by atoms with van der Waals surface area (Å²) < 4.78 is 5.67. The van der Waals surface area contributed by atoms with Crippen LogP contribution in [0.4, 0.5) is 0 Å². The second-order valence-electron chi connectivity index (χ2n) is 4.44. The zero-order chi connectivity index (χ0) is 12.1. The van der Waals surface area contributed by atoms with E-state index in [-0.39, 0.29) is 5.84 Å². The number of hydrogen-bond acceptors (Lipinski definition) is 2. The first-order valence-corrected chi connectivity index (χ1v) is 5.58. The molecule has 0 unspecified atom stereocenters. The number of nitrogens with two attached hydrogens (primary N) is 1. The number of nitrogen functional groups attached to an aromatic ring is 1. The van der Waals surface area contributed by atoms with E-state index in [1.807, 2.05) is 25.1 Å². The maximum Gasteiger partial charge on any atom is 0.130 e. The Morgan fingerprint density at radius 1 is 1.44 bits per heavy atom. The molecule has 0 aliphatic carbocycles. The Labute approximate surface area is 97.1 Å². The summed E-state index contributed by atoms with van der Waals surface area (Å²) in [4.78, 5) is 0. The van der Waals surface area contributed by atoms with Gasteiger partial charge in [0.15, 0.2) is 0 Å². The zero-order valence-corrected chi connectivity index (χ0v) is 10.2. The van der Waals surface area contributed by atoms with E-state index in [4.69, 9.17) is 15.9 Å². The molecule has 0 saturated carbocycles. The Morgan fingerprint density at radius 2 is 2.12 bits per heavy atom. The van der Waals surface area contributed by atoms with Gasteiger partial charge in [-0.2, -0.15) is 0 Å². The van der Waals surface area contributed by atoms with Gasteiger partial charge in [-0.1, -0.05) is 19.9 Å². The molecule has 16 heavy (non-hydrogen) atoms. The molecule has 0 aliphatic heterocycles. The second kappa shape index (κ2) is 5.54. The average molecular weight is 220 g/mol. The Bertz CT molecular complexity index is 372. The highest BCUT2D eigenvalue weighted by Gasteiger charge is 2.07. The van der Waals surface area contributed by atoms with Gasteiger partial charge in [-0.3, -0.25) is 5.41 Å². The lowest BCUT2D eigenvalue weighted by atomic mass is 10.1. The van der Waals surface area contributed by atoms with E-state index in [1.54, 1.807) is 0 Å². The van der Waals surface area contributed by atoms with Gasteiger partial charge in [0.1, 0.15) is 11.6 Å². The third kappa shape index (κ3) is 3.57. The lowest BCUT2D eigenvalue weighted by molar-refractivity contribution is 0.289.